The van der Waals surface area contributed by atoms with Crippen molar-refractivity contribution in [3.05, 3.63) is 54.1 Å². The lowest BCUT2D eigenvalue weighted by Crippen LogP contribution is -2.20. The van der Waals surface area contributed by atoms with Crippen molar-refractivity contribution in [3.8, 4) is 11.5 Å². The molecule has 0 atom stereocenters. The van der Waals surface area contributed by atoms with Crippen molar-refractivity contribution in [2.45, 2.75) is 13.3 Å². The highest BCUT2D eigenvalue weighted by Gasteiger charge is 2.05. The molecule has 0 spiro atoms. The summed E-state index contributed by atoms with van der Waals surface area (Å²) in [6, 6.07) is 15.0. The lowest BCUT2D eigenvalue weighted by molar-refractivity contribution is -0.118. The number of carbonyl (C=O) groups is 1. The van der Waals surface area contributed by atoms with Gasteiger partial charge < -0.3 is 19.5 Å². The number of amides is 1. The predicted octanol–water partition coefficient (Wildman–Crippen LogP) is 3.29. The molecule has 2 aromatic carbocycles. The highest BCUT2D eigenvalue weighted by Crippen LogP contribution is 2.18. The molecule has 0 unspecified atom stereocenters. The Morgan fingerprint density at radius 2 is 1.75 bits per heavy atom. The molecule has 0 heterocycles. The number of benzene rings is 2. The molecule has 24 heavy (non-hydrogen) atoms. The number of aryl methyl sites for hydroxylation is 1. The van der Waals surface area contributed by atoms with E-state index in [9.17, 15) is 4.79 Å². The molecule has 0 radical (unpaired) electrons. The molecule has 0 bridgehead atoms. The number of nitrogens with one attached hydrogen (secondary N) is 1. The minimum absolute atomic E-state index is 0.0398. The van der Waals surface area contributed by atoms with Crippen LogP contribution in [0.2, 0.25) is 0 Å². The summed E-state index contributed by atoms with van der Waals surface area (Å²) in [5, 5.41) is 2.80. The number of ether oxygens (including phenoxy) is 3. The van der Waals surface area contributed by atoms with Crippen LogP contribution < -0.4 is 14.8 Å². The molecule has 1 amide bonds. The van der Waals surface area contributed by atoms with E-state index in [4.69, 9.17) is 14.2 Å². The largest absolute Gasteiger partial charge is 0.491 e. The van der Waals surface area contributed by atoms with Gasteiger partial charge in [0.15, 0.2) is 6.61 Å². The van der Waals surface area contributed by atoms with Gasteiger partial charge in [-0.1, -0.05) is 25.1 Å². The monoisotopic (exact) mass is 329 g/mol. The molecule has 1 N–H and O–H groups in total. The molecule has 0 aliphatic rings. The first-order valence-electron chi connectivity index (χ1n) is 7.94. The van der Waals surface area contributed by atoms with Gasteiger partial charge in [-0.25, -0.2) is 0 Å². The van der Waals surface area contributed by atoms with Crippen LogP contribution in [0.25, 0.3) is 0 Å². The van der Waals surface area contributed by atoms with Gasteiger partial charge in [0, 0.05) is 18.9 Å². The Balaban J connectivity index is 1.84. The van der Waals surface area contributed by atoms with Crippen molar-refractivity contribution in [1.82, 2.24) is 0 Å². The summed E-state index contributed by atoms with van der Waals surface area (Å²) in [6.07, 6.45) is 0.930. The molecule has 2 rings (SSSR count). The van der Waals surface area contributed by atoms with Crippen LogP contribution in [0, 0.1) is 0 Å². The standard InChI is InChI=1S/C19H23NO4/c1-3-15-6-4-8-17(12-15)24-14-19(21)20-16-7-5-9-18(13-16)23-11-10-22-2/h4-9,12-13H,3,10-11,14H2,1-2H3,(H,20,21). The van der Waals surface area contributed by atoms with Gasteiger partial charge in [-0.3, -0.25) is 4.79 Å². The fourth-order valence-electron chi connectivity index (χ4n) is 2.11. The average Bonchev–Trinajstić information content (AvgIpc) is 2.61. The first-order chi connectivity index (χ1) is 11.7. The fourth-order valence-corrected chi connectivity index (χ4v) is 2.11. The maximum atomic E-state index is 12.0. The molecule has 2 aromatic rings. The number of anilines is 1. The number of hydrogen-bond donors (Lipinski definition) is 1. The second-order valence-corrected chi connectivity index (χ2v) is 5.21. The zero-order valence-electron chi connectivity index (χ0n) is 14.1. The normalized spacial score (nSPS) is 10.2. The van der Waals surface area contributed by atoms with Crippen molar-refractivity contribution < 1.29 is 19.0 Å². The topological polar surface area (TPSA) is 56.8 Å². The molecule has 0 saturated heterocycles. The second-order valence-electron chi connectivity index (χ2n) is 5.21. The summed E-state index contributed by atoms with van der Waals surface area (Å²) in [6.45, 7) is 3.02. The lowest BCUT2D eigenvalue weighted by atomic mass is 10.2. The highest BCUT2D eigenvalue weighted by atomic mass is 16.5. The summed E-state index contributed by atoms with van der Waals surface area (Å²) in [7, 11) is 1.62. The molecule has 0 aliphatic carbocycles. The van der Waals surface area contributed by atoms with Crippen LogP contribution in [-0.2, 0) is 16.0 Å². The fraction of sp³-hybridized carbons (Fsp3) is 0.316. The van der Waals surface area contributed by atoms with Crippen LogP contribution >= 0.6 is 0 Å². The lowest BCUT2D eigenvalue weighted by Gasteiger charge is -2.10. The summed E-state index contributed by atoms with van der Waals surface area (Å²) in [5.74, 6) is 1.16. The van der Waals surface area contributed by atoms with Gasteiger partial charge >= 0.3 is 0 Å². The smallest absolute Gasteiger partial charge is 0.262 e. The van der Waals surface area contributed by atoms with E-state index in [0.29, 0.717) is 30.4 Å². The van der Waals surface area contributed by atoms with E-state index in [0.717, 1.165) is 6.42 Å². The van der Waals surface area contributed by atoms with E-state index in [1.54, 1.807) is 19.2 Å². The Morgan fingerprint density at radius 3 is 2.50 bits per heavy atom. The molecule has 5 nitrogen and oxygen atoms in total. The Hall–Kier alpha value is -2.53. The van der Waals surface area contributed by atoms with Crippen LogP contribution in [0.5, 0.6) is 11.5 Å². The second kappa shape index (κ2) is 9.57. The summed E-state index contributed by atoms with van der Waals surface area (Å²) in [5.41, 5.74) is 1.84. The molecule has 128 valence electrons. The number of carbonyl (C=O) groups excluding carboxylic acids is 1. The van der Waals surface area contributed by atoms with E-state index < -0.39 is 0 Å². The zero-order valence-corrected chi connectivity index (χ0v) is 14.1. The Labute approximate surface area is 142 Å². The highest BCUT2D eigenvalue weighted by molar-refractivity contribution is 5.92. The molecular formula is C19H23NO4. The van der Waals surface area contributed by atoms with Crippen molar-refractivity contribution in [3.63, 3.8) is 0 Å². The number of hydrogen-bond acceptors (Lipinski definition) is 4. The molecule has 0 aromatic heterocycles. The Bertz CT molecular complexity index is 657. The third-order valence-electron chi connectivity index (χ3n) is 3.35. The van der Waals surface area contributed by atoms with Crippen LogP contribution in [0.15, 0.2) is 48.5 Å². The Morgan fingerprint density at radius 1 is 1.00 bits per heavy atom. The van der Waals surface area contributed by atoms with Gasteiger partial charge in [0.05, 0.1) is 6.61 Å². The third-order valence-corrected chi connectivity index (χ3v) is 3.35. The van der Waals surface area contributed by atoms with Crippen LogP contribution in [0.3, 0.4) is 0 Å². The van der Waals surface area contributed by atoms with E-state index >= 15 is 0 Å². The van der Waals surface area contributed by atoms with Crippen molar-refractivity contribution in [2.75, 3.05) is 32.2 Å². The van der Waals surface area contributed by atoms with E-state index in [1.165, 1.54) is 5.56 Å². The summed E-state index contributed by atoms with van der Waals surface area (Å²) < 4.78 is 16.0. The van der Waals surface area contributed by atoms with Crippen LogP contribution in [0.1, 0.15) is 12.5 Å². The van der Waals surface area contributed by atoms with Crippen LogP contribution in [0.4, 0.5) is 5.69 Å². The van der Waals surface area contributed by atoms with E-state index in [-0.39, 0.29) is 12.5 Å². The number of rotatable bonds is 9. The first-order valence-corrected chi connectivity index (χ1v) is 7.94. The minimum atomic E-state index is -0.217. The third kappa shape index (κ3) is 5.93. The maximum absolute atomic E-state index is 12.0. The SMILES string of the molecule is CCc1cccc(OCC(=O)Nc2cccc(OCCOC)c2)c1. The number of methoxy groups -OCH3 is 1. The average molecular weight is 329 g/mol. The van der Waals surface area contributed by atoms with Gasteiger partial charge in [0.2, 0.25) is 0 Å². The zero-order chi connectivity index (χ0) is 17.2. The Kier molecular flexibility index (Phi) is 7.11. The quantitative estimate of drug-likeness (QED) is 0.717. The molecule has 0 fully saturated rings. The molecule has 0 saturated carbocycles. The molecule has 0 aliphatic heterocycles. The minimum Gasteiger partial charge on any atom is -0.491 e. The van der Waals surface area contributed by atoms with E-state index in [2.05, 4.69) is 12.2 Å². The van der Waals surface area contributed by atoms with E-state index in [1.807, 2.05) is 36.4 Å². The predicted molar refractivity (Wildman–Crippen MR) is 93.8 cm³/mol. The van der Waals surface area contributed by atoms with Gasteiger partial charge in [-0.2, -0.15) is 0 Å². The van der Waals surface area contributed by atoms with Crippen molar-refractivity contribution in [1.29, 1.82) is 0 Å². The van der Waals surface area contributed by atoms with Crippen LogP contribution in [-0.4, -0.2) is 32.8 Å². The van der Waals surface area contributed by atoms with Crippen molar-refractivity contribution >= 4 is 11.6 Å². The summed E-state index contributed by atoms with van der Waals surface area (Å²) >= 11 is 0. The molecular weight excluding hydrogens is 306 g/mol. The maximum Gasteiger partial charge on any atom is 0.262 e. The molecule has 5 heteroatoms. The van der Waals surface area contributed by atoms with Crippen molar-refractivity contribution in [2.24, 2.45) is 0 Å². The van der Waals surface area contributed by atoms with Gasteiger partial charge in [-0.05, 0) is 36.2 Å². The van der Waals surface area contributed by atoms with Gasteiger partial charge in [0.1, 0.15) is 18.1 Å². The first kappa shape index (κ1) is 17.8. The summed E-state index contributed by atoms with van der Waals surface area (Å²) in [4.78, 5) is 12.0. The van der Waals surface area contributed by atoms with Gasteiger partial charge in [-0.15, -0.1) is 0 Å². The van der Waals surface area contributed by atoms with Gasteiger partial charge in [0.25, 0.3) is 5.91 Å².